The van der Waals surface area contributed by atoms with Gasteiger partial charge >= 0.3 is 11.9 Å². The maximum absolute atomic E-state index is 13.6. The molecule has 2 atom stereocenters. The molecule has 4 N–H and O–H groups in total. The smallest absolute Gasteiger partial charge is 0.322 e. The number of carbonyl (C=O) groups excluding carboxylic acids is 4. The highest BCUT2D eigenvalue weighted by atomic mass is 16.5. The van der Waals surface area contributed by atoms with Gasteiger partial charge in [0.1, 0.15) is 23.5 Å². The van der Waals surface area contributed by atoms with Crippen LogP contribution in [0.15, 0.2) is 60.9 Å². The van der Waals surface area contributed by atoms with E-state index in [1.54, 1.807) is 40.1 Å². The summed E-state index contributed by atoms with van der Waals surface area (Å²) in [5, 5.41) is 12.6. The van der Waals surface area contributed by atoms with Crippen LogP contribution >= 0.6 is 0 Å². The van der Waals surface area contributed by atoms with E-state index in [-0.39, 0.29) is 23.8 Å². The molecular formula is C44H52N6O6. The first-order chi connectivity index (χ1) is 27.0. The zero-order valence-corrected chi connectivity index (χ0v) is 33.1. The molecule has 2 saturated carbocycles. The van der Waals surface area contributed by atoms with Crippen LogP contribution in [0.5, 0.6) is 0 Å². The second-order valence-electron chi connectivity index (χ2n) is 14.7. The van der Waals surface area contributed by atoms with Gasteiger partial charge in [0.25, 0.3) is 11.8 Å². The lowest BCUT2D eigenvalue weighted by Gasteiger charge is -2.18. The van der Waals surface area contributed by atoms with Crippen LogP contribution in [-0.2, 0) is 32.2 Å². The monoisotopic (exact) mass is 760 g/mol. The number of carbonyl (C=O) groups is 4. The van der Waals surface area contributed by atoms with Gasteiger partial charge in [-0.1, -0.05) is 24.3 Å². The van der Waals surface area contributed by atoms with Crippen molar-refractivity contribution in [3.8, 4) is 11.1 Å². The number of aromatic nitrogens is 2. The molecule has 2 aromatic carbocycles. The molecule has 0 aliphatic heterocycles. The van der Waals surface area contributed by atoms with Crippen molar-refractivity contribution in [2.24, 2.45) is 0 Å². The van der Waals surface area contributed by atoms with Gasteiger partial charge in [0.2, 0.25) is 0 Å². The molecule has 6 rings (SSSR count). The molecular weight excluding hydrogens is 709 g/mol. The van der Waals surface area contributed by atoms with E-state index in [4.69, 9.17) is 9.47 Å². The minimum Gasteiger partial charge on any atom is -0.465 e. The van der Waals surface area contributed by atoms with Crippen molar-refractivity contribution >= 4 is 35.1 Å². The van der Waals surface area contributed by atoms with Gasteiger partial charge in [-0.25, -0.2) is 0 Å². The van der Waals surface area contributed by atoms with E-state index >= 15 is 0 Å². The normalized spacial score (nSPS) is 14.8. The average Bonchev–Trinajstić information content (AvgIpc) is 4.13. The fourth-order valence-electron chi connectivity index (χ4n) is 6.82. The Morgan fingerprint density at radius 1 is 0.661 bits per heavy atom. The fourth-order valence-corrected chi connectivity index (χ4v) is 6.82. The Hall–Kier alpha value is -5.46. The van der Waals surface area contributed by atoms with Crippen molar-refractivity contribution in [2.75, 3.05) is 23.8 Å². The van der Waals surface area contributed by atoms with Crippen LogP contribution in [0.4, 0.5) is 11.4 Å². The highest BCUT2D eigenvalue weighted by Gasteiger charge is 2.29. The summed E-state index contributed by atoms with van der Waals surface area (Å²) < 4.78 is 10.2. The largest absolute Gasteiger partial charge is 0.465 e. The van der Waals surface area contributed by atoms with E-state index < -0.39 is 12.1 Å². The Kier molecular flexibility index (Phi) is 12.9. The highest BCUT2D eigenvalue weighted by Crippen LogP contribution is 2.43. The number of esters is 2. The van der Waals surface area contributed by atoms with E-state index in [1.165, 1.54) is 0 Å². The van der Waals surface area contributed by atoms with E-state index in [9.17, 15) is 19.2 Å². The Morgan fingerprint density at radius 3 is 1.41 bits per heavy atom. The number of pyridine rings is 2. The van der Waals surface area contributed by atoms with Crippen LogP contribution in [0.1, 0.15) is 120 Å². The van der Waals surface area contributed by atoms with Crippen LogP contribution < -0.4 is 21.3 Å². The second-order valence-corrected chi connectivity index (χ2v) is 14.7. The molecule has 2 heterocycles. The molecule has 0 spiro atoms. The molecule has 294 valence electrons. The summed E-state index contributed by atoms with van der Waals surface area (Å²) >= 11 is 0. The number of hydrogen-bond acceptors (Lipinski definition) is 10. The third-order valence-corrected chi connectivity index (χ3v) is 10.5. The molecule has 2 aromatic heterocycles. The number of amides is 2. The zero-order chi connectivity index (χ0) is 39.9. The molecule has 2 aliphatic carbocycles. The summed E-state index contributed by atoms with van der Waals surface area (Å²) in [6, 6.07) is 14.4. The van der Waals surface area contributed by atoms with Gasteiger partial charge < -0.3 is 30.7 Å². The molecule has 2 aliphatic rings. The molecule has 2 fully saturated rings. The van der Waals surface area contributed by atoms with Gasteiger partial charge in [-0.15, -0.1) is 0 Å². The molecule has 0 saturated heterocycles. The number of anilines is 2. The van der Waals surface area contributed by atoms with Crippen LogP contribution in [0.2, 0.25) is 0 Å². The van der Waals surface area contributed by atoms with Crippen LogP contribution in [-0.4, -0.2) is 59.0 Å². The minimum absolute atomic E-state index is 0.302. The summed E-state index contributed by atoms with van der Waals surface area (Å²) in [5.41, 5.74) is 9.64. The van der Waals surface area contributed by atoms with Gasteiger partial charge in [-0.2, -0.15) is 0 Å². The van der Waals surface area contributed by atoms with Gasteiger partial charge in [-0.3, -0.25) is 29.1 Å². The quantitative estimate of drug-likeness (QED) is 0.0818. The predicted octanol–water partition coefficient (Wildman–Crippen LogP) is 7.10. The maximum Gasteiger partial charge on any atom is 0.322 e. The predicted molar refractivity (Wildman–Crippen MR) is 216 cm³/mol. The summed E-state index contributed by atoms with van der Waals surface area (Å²) in [4.78, 5) is 60.4. The highest BCUT2D eigenvalue weighted by molar-refractivity contribution is 6.05. The molecule has 2 amide bonds. The van der Waals surface area contributed by atoms with Crippen LogP contribution in [0, 0.1) is 13.8 Å². The van der Waals surface area contributed by atoms with Gasteiger partial charge in [0, 0.05) is 36.9 Å². The first-order valence-electron chi connectivity index (χ1n) is 19.6. The lowest BCUT2D eigenvalue weighted by molar-refractivity contribution is -0.146. The number of benzene rings is 2. The molecule has 4 aromatic rings. The lowest BCUT2D eigenvalue weighted by atomic mass is 9.94. The Balaban J connectivity index is 1.15. The fraction of sp³-hybridized carbons (Fsp3) is 0.409. The second kappa shape index (κ2) is 18.0. The van der Waals surface area contributed by atoms with E-state index in [0.717, 1.165) is 70.2 Å². The third-order valence-electron chi connectivity index (χ3n) is 10.5. The van der Waals surface area contributed by atoms with Crippen LogP contribution in [0.3, 0.4) is 0 Å². The summed E-state index contributed by atoms with van der Waals surface area (Å²) in [6.07, 6.45) is 7.64. The van der Waals surface area contributed by atoms with Crippen LogP contribution in [0.25, 0.3) is 11.1 Å². The molecule has 12 heteroatoms. The lowest BCUT2D eigenvalue weighted by Crippen LogP contribution is -2.35. The van der Waals surface area contributed by atoms with Crippen molar-refractivity contribution < 1.29 is 28.7 Å². The summed E-state index contributed by atoms with van der Waals surface area (Å²) in [5.74, 6) is -0.486. The molecule has 0 radical (unpaired) electrons. The summed E-state index contributed by atoms with van der Waals surface area (Å²) in [6.45, 7) is 12.6. The molecule has 12 nitrogen and oxygen atoms in total. The SMILES string of the molecule is CCOC(=O)C(C)NCc1cnc(C(=O)Nc2cccc(-c3cccc(NC(=O)c4cc(C5CC5)c(CNC(C)C(=O)OCC)cn4)c3C)c2C)cc1C1CC1. The van der Waals surface area contributed by atoms with Gasteiger partial charge in [0.15, 0.2) is 0 Å². The van der Waals surface area contributed by atoms with E-state index in [1.807, 2.05) is 62.4 Å². The number of nitrogens with one attached hydrogen (secondary N) is 4. The van der Waals surface area contributed by atoms with E-state index in [0.29, 0.717) is 60.9 Å². The van der Waals surface area contributed by atoms with Crippen molar-refractivity contribution in [3.63, 3.8) is 0 Å². The van der Waals surface area contributed by atoms with Crippen molar-refractivity contribution in [1.29, 1.82) is 0 Å². The number of nitrogens with zero attached hydrogens (tertiary/aromatic N) is 2. The Labute approximate surface area is 328 Å². The average molecular weight is 761 g/mol. The van der Waals surface area contributed by atoms with Crippen molar-refractivity contribution in [1.82, 2.24) is 20.6 Å². The zero-order valence-electron chi connectivity index (χ0n) is 33.1. The van der Waals surface area contributed by atoms with Gasteiger partial charge in [-0.05, 0) is 148 Å². The molecule has 2 unspecified atom stereocenters. The van der Waals surface area contributed by atoms with E-state index in [2.05, 4.69) is 31.2 Å². The third kappa shape index (κ3) is 9.66. The standard InChI is InChI=1S/C44H52N6O6/c1-7-55-43(53)27(5)45-21-31-23-47-39(19-35(31)29-15-16-29)41(51)49-37-13-9-11-33(25(37)3)34-12-10-14-38(26(34)4)50-42(52)40-20-36(30-17-18-30)32(24-48-40)22-46-28(6)44(54)56-8-2/h9-14,19-20,23-24,27-30,45-46H,7-8,15-18,21-22H2,1-6H3,(H,49,51)(H,50,52). The number of rotatable bonds is 17. The number of ether oxygens (including phenoxy) is 2. The topological polar surface area (TPSA) is 161 Å². The minimum atomic E-state index is -0.459. The van der Waals surface area contributed by atoms with Crippen molar-refractivity contribution in [3.05, 3.63) is 106 Å². The first-order valence-corrected chi connectivity index (χ1v) is 19.6. The van der Waals surface area contributed by atoms with Crippen molar-refractivity contribution in [2.45, 2.75) is 104 Å². The number of hydrogen-bond donors (Lipinski definition) is 4. The molecule has 0 bridgehead atoms. The van der Waals surface area contributed by atoms with Gasteiger partial charge in [0.05, 0.1) is 13.2 Å². The molecule has 56 heavy (non-hydrogen) atoms. The summed E-state index contributed by atoms with van der Waals surface area (Å²) in [7, 11) is 0. The first kappa shape index (κ1) is 40.2. The maximum atomic E-state index is 13.6. The Morgan fingerprint density at radius 2 is 1.05 bits per heavy atom. The Bertz CT molecular complexity index is 1960.